The zero-order chi connectivity index (χ0) is 22.2. The molecule has 0 atom stereocenters. The lowest BCUT2D eigenvalue weighted by Gasteiger charge is -2.18. The van der Waals surface area contributed by atoms with E-state index in [4.69, 9.17) is 0 Å². The van der Waals surface area contributed by atoms with Crippen molar-refractivity contribution in [1.29, 1.82) is 0 Å². The third-order valence-corrected chi connectivity index (χ3v) is 4.53. The minimum absolute atomic E-state index is 0.109. The second-order valence-electron chi connectivity index (χ2n) is 6.67. The Labute approximate surface area is 166 Å². The number of halogens is 4. The molecule has 7 nitrogen and oxygen atoms in total. The third-order valence-electron chi connectivity index (χ3n) is 4.53. The molecule has 0 aliphatic carbocycles. The van der Waals surface area contributed by atoms with Gasteiger partial charge in [0.2, 0.25) is 5.91 Å². The number of hydrogen-bond donors (Lipinski definition) is 0. The van der Waals surface area contributed by atoms with Crippen molar-refractivity contribution in [3.8, 4) is 0 Å². The number of likely N-dealkylation sites (N-methyl/N-ethyl adjacent to an activating group) is 1. The number of benzene rings is 1. The zero-order valence-electron chi connectivity index (χ0n) is 15.9. The van der Waals surface area contributed by atoms with Crippen molar-refractivity contribution in [2.75, 3.05) is 7.05 Å². The molecule has 30 heavy (non-hydrogen) atoms. The molecule has 0 N–H and O–H groups in total. The Kier molecular flexibility index (Phi) is 5.47. The Morgan fingerprint density at radius 2 is 1.73 bits per heavy atom. The highest BCUT2D eigenvalue weighted by atomic mass is 19.4. The van der Waals surface area contributed by atoms with Crippen molar-refractivity contribution in [2.45, 2.75) is 19.3 Å². The van der Waals surface area contributed by atoms with Crippen LogP contribution in [0.15, 0.2) is 46.0 Å². The van der Waals surface area contributed by atoms with Gasteiger partial charge in [-0.25, -0.2) is 14.2 Å². The Bertz CT molecular complexity index is 1230. The van der Waals surface area contributed by atoms with E-state index in [1.54, 1.807) is 0 Å². The van der Waals surface area contributed by atoms with Crippen LogP contribution >= 0.6 is 0 Å². The van der Waals surface area contributed by atoms with Gasteiger partial charge in [-0.3, -0.25) is 18.7 Å². The normalized spacial score (nSPS) is 11.7. The maximum atomic E-state index is 13.0. The molecule has 2 aromatic heterocycles. The number of aryl methyl sites for hydroxylation is 1. The highest BCUT2D eigenvalue weighted by Gasteiger charge is 2.33. The molecular weight excluding hydrogens is 408 g/mol. The lowest BCUT2D eigenvalue weighted by atomic mass is 10.2. The summed E-state index contributed by atoms with van der Waals surface area (Å²) in [7, 11) is 2.61. The number of amides is 1. The van der Waals surface area contributed by atoms with Gasteiger partial charge < -0.3 is 4.90 Å². The molecule has 3 aromatic rings. The van der Waals surface area contributed by atoms with E-state index >= 15 is 0 Å². The average molecular weight is 424 g/mol. The number of carbonyl (C=O) groups excluding carboxylic acids is 1. The van der Waals surface area contributed by atoms with E-state index in [9.17, 15) is 31.9 Å². The summed E-state index contributed by atoms with van der Waals surface area (Å²) < 4.78 is 53.1. The summed E-state index contributed by atoms with van der Waals surface area (Å²) in [6, 6.07) is 7.02. The van der Waals surface area contributed by atoms with Gasteiger partial charge in [0.25, 0.3) is 5.56 Å². The first-order chi connectivity index (χ1) is 14.0. The first-order valence-corrected chi connectivity index (χ1v) is 8.65. The van der Waals surface area contributed by atoms with E-state index in [-0.39, 0.29) is 11.9 Å². The monoisotopic (exact) mass is 424 g/mol. The second kappa shape index (κ2) is 7.73. The molecule has 1 amide bonds. The van der Waals surface area contributed by atoms with Gasteiger partial charge in [0.15, 0.2) is 0 Å². The predicted molar refractivity (Wildman–Crippen MR) is 99.1 cm³/mol. The molecular formula is C19H16F4N4O3. The van der Waals surface area contributed by atoms with E-state index in [1.165, 1.54) is 43.3 Å². The highest BCUT2D eigenvalue weighted by Crippen LogP contribution is 2.28. The molecule has 0 bridgehead atoms. The SMILES string of the molecule is CN(Cc1ccc(F)cc1)C(=O)Cn1c(=O)c2ccc(C(F)(F)F)nc2n(C)c1=O. The highest BCUT2D eigenvalue weighted by molar-refractivity contribution is 5.77. The van der Waals surface area contributed by atoms with Gasteiger partial charge in [0, 0.05) is 20.6 Å². The fourth-order valence-electron chi connectivity index (χ4n) is 2.88. The molecule has 1 aromatic carbocycles. The van der Waals surface area contributed by atoms with Crippen LogP contribution in [0.5, 0.6) is 0 Å². The minimum Gasteiger partial charge on any atom is -0.340 e. The van der Waals surface area contributed by atoms with Crippen molar-refractivity contribution in [1.82, 2.24) is 19.0 Å². The van der Waals surface area contributed by atoms with Crippen LogP contribution in [0.4, 0.5) is 17.6 Å². The van der Waals surface area contributed by atoms with Crippen LogP contribution in [0, 0.1) is 5.82 Å². The summed E-state index contributed by atoms with van der Waals surface area (Å²) in [6.45, 7) is -0.502. The summed E-state index contributed by atoms with van der Waals surface area (Å²) >= 11 is 0. The van der Waals surface area contributed by atoms with Crippen molar-refractivity contribution in [3.05, 3.63) is 74.3 Å². The van der Waals surface area contributed by atoms with Gasteiger partial charge in [-0.2, -0.15) is 13.2 Å². The number of fused-ring (bicyclic) bond motifs is 1. The number of alkyl halides is 3. The van der Waals surface area contributed by atoms with E-state index in [2.05, 4.69) is 4.98 Å². The topological polar surface area (TPSA) is 77.2 Å². The summed E-state index contributed by atoms with van der Waals surface area (Å²) in [6.07, 6.45) is -4.74. The fraction of sp³-hybridized carbons (Fsp3) is 0.263. The van der Waals surface area contributed by atoms with E-state index in [0.717, 1.165) is 10.6 Å². The lowest BCUT2D eigenvalue weighted by molar-refractivity contribution is -0.141. The largest absolute Gasteiger partial charge is 0.433 e. The average Bonchev–Trinajstić information content (AvgIpc) is 2.69. The predicted octanol–water partition coefficient (Wildman–Crippen LogP) is 1.91. The maximum Gasteiger partial charge on any atom is 0.433 e. The van der Waals surface area contributed by atoms with Crippen LogP contribution in [0.1, 0.15) is 11.3 Å². The number of aromatic nitrogens is 3. The van der Waals surface area contributed by atoms with Crippen LogP contribution in [0.3, 0.4) is 0 Å². The lowest BCUT2D eigenvalue weighted by Crippen LogP contribution is -2.43. The molecule has 0 saturated carbocycles. The van der Waals surface area contributed by atoms with E-state index < -0.39 is 47.0 Å². The Balaban J connectivity index is 1.94. The molecule has 0 spiro atoms. The number of pyridine rings is 1. The van der Waals surface area contributed by atoms with Crippen molar-refractivity contribution in [3.63, 3.8) is 0 Å². The van der Waals surface area contributed by atoms with E-state index in [0.29, 0.717) is 16.2 Å². The molecule has 0 aliphatic rings. The fourth-order valence-corrected chi connectivity index (χ4v) is 2.88. The molecule has 0 aliphatic heterocycles. The van der Waals surface area contributed by atoms with Gasteiger partial charge in [-0.05, 0) is 29.8 Å². The molecule has 158 valence electrons. The summed E-state index contributed by atoms with van der Waals surface area (Å²) in [4.78, 5) is 42.3. The maximum absolute atomic E-state index is 13.0. The Morgan fingerprint density at radius 3 is 2.33 bits per heavy atom. The van der Waals surface area contributed by atoms with Crippen LogP contribution in [0.25, 0.3) is 11.0 Å². The Morgan fingerprint density at radius 1 is 1.10 bits per heavy atom. The number of nitrogens with zero attached hydrogens (tertiary/aromatic N) is 4. The molecule has 0 fully saturated rings. The molecule has 0 unspecified atom stereocenters. The van der Waals surface area contributed by atoms with Crippen molar-refractivity contribution >= 4 is 16.9 Å². The van der Waals surface area contributed by atoms with Gasteiger partial charge in [-0.1, -0.05) is 12.1 Å². The van der Waals surface area contributed by atoms with Crippen LogP contribution in [-0.2, 0) is 31.1 Å². The number of rotatable bonds is 4. The van der Waals surface area contributed by atoms with Crippen molar-refractivity contribution < 1.29 is 22.4 Å². The molecule has 0 saturated heterocycles. The van der Waals surface area contributed by atoms with Gasteiger partial charge in [0.05, 0.1) is 5.39 Å². The third kappa shape index (κ3) is 4.09. The number of carbonyl (C=O) groups is 1. The molecule has 11 heteroatoms. The quantitative estimate of drug-likeness (QED) is 0.600. The van der Waals surface area contributed by atoms with Gasteiger partial charge in [0.1, 0.15) is 23.7 Å². The zero-order valence-corrected chi connectivity index (χ0v) is 15.9. The van der Waals surface area contributed by atoms with Crippen LogP contribution in [-0.4, -0.2) is 32.0 Å². The van der Waals surface area contributed by atoms with Gasteiger partial charge in [-0.15, -0.1) is 0 Å². The van der Waals surface area contributed by atoms with Crippen LogP contribution < -0.4 is 11.2 Å². The van der Waals surface area contributed by atoms with E-state index in [1.807, 2.05) is 0 Å². The van der Waals surface area contributed by atoms with Crippen LogP contribution in [0.2, 0.25) is 0 Å². The van der Waals surface area contributed by atoms with Gasteiger partial charge >= 0.3 is 11.9 Å². The number of hydrogen-bond acceptors (Lipinski definition) is 4. The minimum atomic E-state index is -4.74. The molecule has 2 heterocycles. The summed E-state index contributed by atoms with van der Waals surface area (Å²) in [5.74, 6) is -1.01. The first-order valence-electron chi connectivity index (χ1n) is 8.65. The first kappa shape index (κ1) is 21.2. The second-order valence-corrected chi connectivity index (χ2v) is 6.67. The smallest absolute Gasteiger partial charge is 0.340 e. The standard InChI is InChI=1S/C19H16F4N4O3/c1-25(9-11-3-5-12(20)6-4-11)15(28)10-27-17(29)13-7-8-14(19(21,22)23)24-16(13)26(2)18(27)30/h3-8H,9-10H2,1-2H3. The Hall–Kier alpha value is -3.50. The molecule has 3 rings (SSSR count). The molecule has 0 radical (unpaired) electrons. The van der Waals surface area contributed by atoms with Crippen molar-refractivity contribution in [2.24, 2.45) is 7.05 Å². The summed E-state index contributed by atoms with van der Waals surface area (Å²) in [5, 5.41) is -0.223. The summed E-state index contributed by atoms with van der Waals surface area (Å²) in [5.41, 5.74) is -2.92.